The van der Waals surface area contributed by atoms with Crippen molar-refractivity contribution in [1.82, 2.24) is 5.16 Å². The number of non-ortho nitro benzene ring substituents is 1. The van der Waals surface area contributed by atoms with Crippen molar-refractivity contribution < 1.29 is 28.8 Å². The second kappa shape index (κ2) is 6.14. The Balaban J connectivity index is 2.13. The summed E-state index contributed by atoms with van der Waals surface area (Å²) < 4.78 is 15.9. The molecule has 0 saturated carbocycles. The zero-order valence-corrected chi connectivity index (χ0v) is 12.7. The molecule has 1 aliphatic rings. The van der Waals surface area contributed by atoms with Gasteiger partial charge in [-0.3, -0.25) is 10.1 Å². The van der Waals surface area contributed by atoms with E-state index in [4.69, 9.17) is 14.0 Å². The Kier molecular flexibility index (Phi) is 4.20. The summed E-state index contributed by atoms with van der Waals surface area (Å²) in [4.78, 5) is 21.8. The third-order valence-electron chi connectivity index (χ3n) is 3.24. The van der Waals surface area contributed by atoms with E-state index in [0.717, 1.165) is 11.8 Å². The van der Waals surface area contributed by atoms with Crippen molar-refractivity contribution in [2.45, 2.75) is 23.4 Å². The van der Waals surface area contributed by atoms with Crippen LogP contribution < -0.4 is 5.11 Å². The largest absolute Gasteiger partial charge is 0.549 e. The minimum absolute atomic E-state index is 0.168. The molecule has 23 heavy (non-hydrogen) atoms. The van der Waals surface area contributed by atoms with E-state index in [1.165, 1.54) is 19.1 Å². The molecular formula is C13H11N2O7S-. The molecule has 0 spiro atoms. The summed E-state index contributed by atoms with van der Waals surface area (Å²) in [6.45, 7) is 2.22. The maximum absolute atomic E-state index is 11.0. The van der Waals surface area contributed by atoms with Crippen LogP contribution in [0.1, 0.15) is 18.9 Å². The number of benzene rings is 1. The summed E-state index contributed by atoms with van der Waals surface area (Å²) in [6, 6.07) is 2.51. The normalized spacial score (nSPS) is 16.7. The van der Waals surface area contributed by atoms with Crippen molar-refractivity contribution in [1.29, 1.82) is 0 Å². The van der Waals surface area contributed by atoms with Gasteiger partial charge in [-0.05, 0) is 6.92 Å². The van der Waals surface area contributed by atoms with E-state index in [0.29, 0.717) is 29.2 Å². The Hall–Kier alpha value is -2.17. The van der Waals surface area contributed by atoms with E-state index in [1.807, 2.05) is 0 Å². The molecular weight excluding hydrogens is 328 g/mol. The number of aliphatic carboxylic acids is 1. The number of thioether (sulfide) groups is 1. The van der Waals surface area contributed by atoms with Gasteiger partial charge in [0, 0.05) is 16.2 Å². The molecule has 1 atom stereocenters. The first kappa shape index (κ1) is 15.7. The maximum Gasteiger partial charge on any atom is 0.274 e. The highest BCUT2D eigenvalue weighted by molar-refractivity contribution is 8.00. The average Bonchev–Trinajstić information content (AvgIpc) is 3.15. The molecule has 2 aromatic rings. The summed E-state index contributed by atoms with van der Waals surface area (Å²) in [5.41, 5.74) is 0.281. The van der Waals surface area contributed by atoms with Crippen molar-refractivity contribution in [2.24, 2.45) is 0 Å². The number of carboxylic acid groups (broad SMARTS) is 1. The second-order valence-corrected chi connectivity index (χ2v) is 6.18. The average molecular weight is 339 g/mol. The molecule has 1 aromatic carbocycles. The van der Waals surface area contributed by atoms with Gasteiger partial charge in [0.1, 0.15) is 5.69 Å². The van der Waals surface area contributed by atoms with Crippen LogP contribution >= 0.6 is 11.8 Å². The Labute approximate surface area is 133 Å². The van der Waals surface area contributed by atoms with Gasteiger partial charge in [0.05, 0.1) is 35.6 Å². The third-order valence-corrected chi connectivity index (χ3v) is 4.36. The number of ether oxygens (including phenoxy) is 2. The van der Waals surface area contributed by atoms with Crippen LogP contribution in [0, 0.1) is 10.1 Å². The van der Waals surface area contributed by atoms with Gasteiger partial charge < -0.3 is 23.9 Å². The minimum atomic E-state index is -1.28. The quantitative estimate of drug-likeness (QED) is 0.445. The highest BCUT2D eigenvalue weighted by atomic mass is 32.2. The van der Waals surface area contributed by atoms with E-state index in [9.17, 15) is 20.0 Å². The van der Waals surface area contributed by atoms with Crippen LogP contribution in [0.25, 0.3) is 11.0 Å². The number of nitrogens with zero attached hydrogens (tertiary/aromatic N) is 2. The second-order valence-electron chi connectivity index (χ2n) is 4.79. The van der Waals surface area contributed by atoms with Crippen LogP contribution in [0.15, 0.2) is 21.6 Å². The van der Waals surface area contributed by atoms with Gasteiger partial charge in [0.25, 0.3) is 5.69 Å². The molecule has 122 valence electrons. The monoisotopic (exact) mass is 339 g/mol. The lowest BCUT2D eigenvalue weighted by Gasteiger charge is -2.13. The zero-order chi connectivity index (χ0) is 16.6. The van der Waals surface area contributed by atoms with E-state index in [-0.39, 0.29) is 11.3 Å². The summed E-state index contributed by atoms with van der Waals surface area (Å²) >= 11 is 0.913. The zero-order valence-electron chi connectivity index (χ0n) is 11.9. The standard InChI is InChI=1S/C13H12N2O7S/c1-6(12(16)17)23-9-5-7(15(18)19)4-8-10(9)11(14-22-8)13-20-2-3-21-13/h4-6,13H,2-3H2,1H3,(H,16,17)/p-1. The molecule has 0 aliphatic carbocycles. The number of nitro groups is 1. The number of carbonyl (C=O) groups excluding carboxylic acids is 1. The topological polar surface area (TPSA) is 128 Å². The molecule has 1 saturated heterocycles. The highest BCUT2D eigenvalue weighted by Crippen LogP contribution is 2.39. The van der Waals surface area contributed by atoms with E-state index in [1.54, 1.807) is 0 Å². The molecule has 0 bridgehead atoms. The first-order valence-corrected chi connectivity index (χ1v) is 7.53. The lowest BCUT2D eigenvalue weighted by atomic mass is 10.2. The van der Waals surface area contributed by atoms with Crippen LogP contribution in [0.5, 0.6) is 0 Å². The van der Waals surface area contributed by atoms with Crippen molar-refractivity contribution in [3.05, 3.63) is 27.9 Å². The Morgan fingerprint density at radius 3 is 2.74 bits per heavy atom. The van der Waals surface area contributed by atoms with Gasteiger partial charge in [0.15, 0.2) is 5.58 Å². The molecule has 1 aromatic heterocycles. The van der Waals surface area contributed by atoms with Crippen LogP contribution in [0.3, 0.4) is 0 Å². The molecule has 0 N–H and O–H groups in total. The van der Waals surface area contributed by atoms with Gasteiger partial charge in [0.2, 0.25) is 6.29 Å². The number of aromatic nitrogens is 1. The predicted octanol–water partition coefficient (Wildman–Crippen LogP) is 1.01. The first-order valence-electron chi connectivity index (χ1n) is 6.66. The predicted molar refractivity (Wildman–Crippen MR) is 75.6 cm³/mol. The number of fused-ring (bicyclic) bond motifs is 1. The Bertz CT molecular complexity index is 769. The fraction of sp³-hybridized carbons (Fsp3) is 0.385. The van der Waals surface area contributed by atoms with Gasteiger partial charge in [-0.25, -0.2) is 0 Å². The number of nitro benzene ring substituents is 1. The number of hydrogen-bond donors (Lipinski definition) is 0. The lowest BCUT2D eigenvalue weighted by molar-refractivity contribution is -0.385. The molecule has 3 rings (SSSR count). The van der Waals surface area contributed by atoms with Gasteiger partial charge in [-0.2, -0.15) is 0 Å². The fourth-order valence-electron chi connectivity index (χ4n) is 2.16. The van der Waals surface area contributed by atoms with E-state index >= 15 is 0 Å². The summed E-state index contributed by atoms with van der Waals surface area (Å²) in [5.74, 6) is -1.28. The maximum atomic E-state index is 11.0. The number of carbonyl (C=O) groups is 1. The van der Waals surface area contributed by atoms with Crippen LogP contribution in [-0.2, 0) is 14.3 Å². The first-order chi connectivity index (χ1) is 11.0. The molecule has 2 heterocycles. The number of carboxylic acids is 1. The number of hydrogen-bond acceptors (Lipinski definition) is 9. The third kappa shape index (κ3) is 3.00. The molecule has 1 unspecified atom stereocenters. The van der Waals surface area contributed by atoms with Crippen LogP contribution in [-0.4, -0.2) is 34.5 Å². The van der Waals surface area contributed by atoms with Gasteiger partial charge >= 0.3 is 0 Å². The molecule has 10 heteroatoms. The van der Waals surface area contributed by atoms with Crippen LogP contribution in [0.4, 0.5) is 5.69 Å². The lowest BCUT2D eigenvalue weighted by Crippen LogP contribution is -2.31. The van der Waals surface area contributed by atoms with E-state index < -0.39 is 22.4 Å². The van der Waals surface area contributed by atoms with Crippen molar-refractivity contribution >= 4 is 34.4 Å². The van der Waals surface area contributed by atoms with Crippen LogP contribution in [0.2, 0.25) is 0 Å². The fourth-order valence-corrected chi connectivity index (χ4v) is 3.15. The summed E-state index contributed by atoms with van der Waals surface area (Å²) in [7, 11) is 0. The minimum Gasteiger partial charge on any atom is -0.549 e. The van der Waals surface area contributed by atoms with Crippen molar-refractivity contribution in [2.75, 3.05) is 13.2 Å². The summed E-state index contributed by atoms with van der Waals surface area (Å²) in [6.07, 6.45) is -0.740. The number of rotatable bonds is 5. The molecule has 1 aliphatic heterocycles. The molecule has 9 nitrogen and oxygen atoms in total. The SMILES string of the molecule is CC(Sc1cc([N+](=O)[O-])cc2onc(C3OCCO3)c12)C(=O)[O-]. The molecule has 1 fully saturated rings. The summed E-state index contributed by atoms with van der Waals surface area (Å²) in [5, 5.41) is 25.4. The van der Waals surface area contributed by atoms with Crippen molar-refractivity contribution in [3.63, 3.8) is 0 Å². The molecule has 0 radical (unpaired) electrons. The van der Waals surface area contributed by atoms with Gasteiger partial charge in [-0.1, -0.05) is 5.16 Å². The molecule has 0 amide bonds. The Morgan fingerprint density at radius 1 is 1.43 bits per heavy atom. The Morgan fingerprint density at radius 2 is 2.13 bits per heavy atom. The van der Waals surface area contributed by atoms with Crippen molar-refractivity contribution in [3.8, 4) is 0 Å². The van der Waals surface area contributed by atoms with E-state index in [2.05, 4.69) is 5.16 Å². The van der Waals surface area contributed by atoms with Gasteiger partial charge in [-0.15, -0.1) is 11.8 Å². The highest BCUT2D eigenvalue weighted by Gasteiger charge is 2.28. The smallest absolute Gasteiger partial charge is 0.274 e.